The van der Waals surface area contributed by atoms with E-state index in [4.69, 9.17) is 28.7 Å². The summed E-state index contributed by atoms with van der Waals surface area (Å²) >= 11 is 4.10. The highest BCUT2D eigenvalue weighted by molar-refractivity contribution is 7.80. The zero-order valence-corrected chi connectivity index (χ0v) is 38.4. The quantitative estimate of drug-likeness (QED) is 0.0143. The topological polar surface area (TPSA) is 458 Å². The number of benzene rings is 1. The van der Waals surface area contributed by atoms with Gasteiger partial charge in [-0.25, -0.2) is 4.79 Å². The van der Waals surface area contributed by atoms with Crippen LogP contribution in [-0.4, -0.2) is 148 Å². The van der Waals surface area contributed by atoms with Gasteiger partial charge in [0.2, 0.25) is 53.2 Å². The van der Waals surface area contributed by atoms with Gasteiger partial charge in [-0.1, -0.05) is 26.0 Å². The number of aromatic hydroxyl groups is 1. The Morgan fingerprint density at radius 2 is 1.06 bits per heavy atom. The lowest BCUT2D eigenvalue weighted by atomic mass is 10.0. The highest BCUT2D eigenvalue weighted by Gasteiger charge is 2.34. The second-order valence-corrected chi connectivity index (χ2v) is 16.2. The predicted octanol–water partition coefficient (Wildman–Crippen LogP) is -5.69. The molecular formula is C40H65N13O13S. The van der Waals surface area contributed by atoms with E-state index in [9.17, 15) is 63.3 Å². The van der Waals surface area contributed by atoms with E-state index < -0.39 is 133 Å². The van der Waals surface area contributed by atoms with Crippen molar-refractivity contribution in [3.63, 3.8) is 0 Å². The molecule has 0 spiro atoms. The summed E-state index contributed by atoms with van der Waals surface area (Å²) in [5.74, 6) is -10.5. The molecule has 26 nitrogen and oxygen atoms in total. The Balaban J connectivity index is 3.31. The number of guanidine groups is 1. The molecule has 0 heterocycles. The number of hydrogen-bond donors (Lipinski definition) is 16. The van der Waals surface area contributed by atoms with Crippen molar-refractivity contribution in [1.29, 1.82) is 0 Å². The van der Waals surface area contributed by atoms with E-state index in [-0.39, 0.29) is 62.0 Å². The third-order valence-corrected chi connectivity index (χ3v) is 10.0. The molecule has 0 saturated carbocycles. The Kier molecular flexibility index (Phi) is 25.9. The maximum absolute atomic E-state index is 13.9. The van der Waals surface area contributed by atoms with Gasteiger partial charge in [0.1, 0.15) is 48.0 Å². The number of aliphatic hydroxyl groups is 1. The lowest BCUT2D eigenvalue weighted by Crippen LogP contribution is -2.60. The van der Waals surface area contributed by atoms with Crippen molar-refractivity contribution < 1.29 is 63.3 Å². The number of nitrogens with one attached hydrogen (secondary N) is 7. The average Bonchev–Trinajstić information content (AvgIpc) is 3.24. The molecule has 0 radical (unpaired) electrons. The second-order valence-electron chi connectivity index (χ2n) is 15.9. The van der Waals surface area contributed by atoms with Gasteiger partial charge in [-0.2, -0.15) is 12.6 Å². The van der Waals surface area contributed by atoms with E-state index in [1.165, 1.54) is 31.2 Å². The molecule has 0 aromatic heterocycles. The first-order chi connectivity index (χ1) is 31.4. The molecule has 1 aromatic carbocycles. The lowest BCUT2D eigenvalue weighted by molar-refractivity contribution is -0.142. The van der Waals surface area contributed by atoms with Gasteiger partial charge >= 0.3 is 5.97 Å². The van der Waals surface area contributed by atoms with E-state index in [0.29, 0.717) is 5.56 Å². The zero-order valence-electron chi connectivity index (χ0n) is 37.5. The molecule has 0 bridgehead atoms. The number of amides is 9. The number of carboxylic acid groups (broad SMARTS) is 1. The van der Waals surface area contributed by atoms with E-state index >= 15 is 0 Å². The normalized spacial score (nSPS) is 14.5. The Morgan fingerprint density at radius 3 is 1.54 bits per heavy atom. The van der Waals surface area contributed by atoms with Crippen LogP contribution in [0.25, 0.3) is 0 Å². The molecule has 0 fully saturated rings. The van der Waals surface area contributed by atoms with Gasteiger partial charge in [-0.05, 0) is 62.6 Å². The average molecular weight is 968 g/mol. The third kappa shape index (κ3) is 22.8. The van der Waals surface area contributed by atoms with Crippen LogP contribution >= 0.6 is 12.6 Å². The van der Waals surface area contributed by atoms with E-state index in [1.54, 1.807) is 0 Å². The van der Waals surface area contributed by atoms with Crippen molar-refractivity contribution in [1.82, 2.24) is 37.2 Å². The number of carboxylic acids is 1. The number of aliphatic hydroxyl groups excluding tert-OH is 1. The van der Waals surface area contributed by atoms with Crippen molar-refractivity contribution in [3.05, 3.63) is 29.8 Å². The molecule has 0 unspecified atom stereocenters. The summed E-state index contributed by atoms with van der Waals surface area (Å²) in [5.41, 5.74) is 27.5. The molecule has 8 atom stereocenters. The number of hydrogen-bond acceptors (Lipinski definition) is 15. The van der Waals surface area contributed by atoms with Gasteiger partial charge < -0.3 is 81.2 Å². The number of carbonyl (C=O) groups excluding carboxylic acids is 9. The number of rotatable bonds is 31. The van der Waals surface area contributed by atoms with Crippen LogP contribution in [0.1, 0.15) is 71.3 Å². The highest BCUT2D eigenvalue weighted by Crippen LogP contribution is 2.13. The minimum atomic E-state index is -1.56. The first kappa shape index (κ1) is 58.3. The molecule has 67 heavy (non-hydrogen) atoms. The van der Waals surface area contributed by atoms with Crippen LogP contribution in [0.3, 0.4) is 0 Å². The summed E-state index contributed by atoms with van der Waals surface area (Å²) in [5, 5.41) is 45.9. The van der Waals surface area contributed by atoms with E-state index in [1.807, 2.05) is 13.8 Å². The number of primary amides is 2. The number of aliphatic imine (C=N–C) groups is 1. The fraction of sp³-hybridized carbons (Fsp3) is 0.575. The van der Waals surface area contributed by atoms with Gasteiger partial charge in [-0.3, -0.25) is 48.1 Å². The van der Waals surface area contributed by atoms with Crippen LogP contribution in [-0.2, 0) is 54.4 Å². The summed E-state index contributed by atoms with van der Waals surface area (Å²) in [6, 6.07) is -6.10. The van der Waals surface area contributed by atoms with Gasteiger partial charge in [-0.15, -0.1) is 0 Å². The Labute approximate surface area is 391 Å². The smallest absolute Gasteiger partial charge is 0.326 e. The van der Waals surface area contributed by atoms with Crippen LogP contribution in [0.15, 0.2) is 29.3 Å². The van der Waals surface area contributed by atoms with Crippen LogP contribution in [0, 0.1) is 5.92 Å². The number of phenolic OH excluding ortho intramolecular Hbond substituents is 1. The van der Waals surface area contributed by atoms with Crippen molar-refractivity contribution in [3.8, 4) is 5.75 Å². The molecule has 374 valence electrons. The lowest BCUT2D eigenvalue weighted by Gasteiger charge is -2.26. The van der Waals surface area contributed by atoms with Crippen LogP contribution in [0.5, 0.6) is 5.75 Å². The fourth-order valence-electron chi connectivity index (χ4n) is 6.00. The summed E-state index contributed by atoms with van der Waals surface area (Å²) < 4.78 is 0. The number of thiol groups is 1. The van der Waals surface area contributed by atoms with E-state index in [2.05, 4.69) is 54.8 Å². The maximum atomic E-state index is 13.9. The summed E-state index contributed by atoms with van der Waals surface area (Å²) in [6.07, 6.45) is -1.62. The Morgan fingerprint density at radius 1 is 0.612 bits per heavy atom. The summed E-state index contributed by atoms with van der Waals surface area (Å²) in [7, 11) is 0. The molecule has 9 amide bonds. The van der Waals surface area contributed by atoms with Crippen LogP contribution in [0.4, 0.5) is 0 Å². The minimum Gasteiger partial charge on any atom is -0.508 e. The standard InChI is InChI=1S/C40H65N13O13S/c1-19(2)15-23(41)33(59)52-28(17-54)37(63)53-29(18-67)38(64)49-24(10-12-30(42)56)34(60)47-20(3)32(58)51-27(16-21-6-8-22(55)9-7-21)36(62)48-25(11-13-31(43)57)35(61)50-26(39(65)66)5-4-14-46-40(44)45/h6-9,19-20,23-29,54-55,67H,4-5,10-18,41H2,1-3H3,(H2,42,56)(H2,43,57)(H,47,60)(H,48,62)(H,49,64)(H,50,61)(H,51,58)(H,52,59)(H,53,63)(H,65,66)(H4,44,45,46)/t20-,23-,24-,25-,26-,27-,28-,29-/m0/s1. The van der Waals surface area contributed by atoms with Gasteiger partial charge in [0.15, 0.2) is 5.96 Å². The predicted molar refractivity (Wildman–Crippen MR) is 244 cm³/mol. The Hall–Kier alpha value is -6.74. The highest BCUT2D eigenvalue weighted by atomic mass is 32.1. The zero-order chi connectivity index (χ0) is 51.0. The Bertz CT molecular complexity index is 1920. The molecule has 0 aliphatic carbocycles. The molecule has 20 N–H and O–H groups in total. The molecule has 0 aliphatic rings. The van der Waals surface area contributed by atoms with Gasteiger partial charge in [0, 0.05) is 31.6 Å². The van der Waals surface area contributed by atoms with Crippen LogP contribution in [0.2, 0.25) is 0 Å². The van der Waals surface area contributed by atoms with Gasteiger partial charge in [0.25, 0.3) is 0 Å². The first-order valence-corrected chi connectivity index (χ1v) is 21.7. The summed E-state index contributed by atoms with van der Waals surface area (Å²) in [4.78, 5) is 133. The second kappa shape index (κ2) is 29.7. The number of nitrogens with two attached hydrogens (primary N) is 5. The van der Waals surface area contributed by atoms with Crippen molar-refractivity contribution >= 4 is 77.7 Å². The maximum Gasteiger partial charge on any atom is 0.326 e. The molecule has 1 aromatic rings. The van der Waals surface area contributed by atoms with Crippen molar-refractivity contribution in [2.75, 3.05) is 18.9 Å². The van der Waals surface area contributed by atoms with Crippen molar-refractivity contribution in [2.45, 2.75) is 120 Å². The van der Waals surface area contributed by atoms with Crippen molar-refractivity contribution in [2.24, 2.45) is 39.6 Å². The largest absolute Gasteiger partial charge is 0.508 e. The first-order valence-electron chi connectivity index (χ1n) is 21.1. The SMILES string of the molecule is CC(C)C[C@H](N)C(=O)N[C@@H](CO)C(=O)N[C@@H](CS)C(=O)N[C@@H](CCC(N)=O)C(=O)N[C@@H](C)C(=O)N[C@@H](Cc1ccc(O)cc1)C(=O)N[C@@H](CCC(N)=O)C(=O)N[C@@H](CCCN=C(N)N)C(=O)O. The minimum absolute atomic E-state index is 0.0433. The molecule has 1 rings (SSSR count). The fourth-order valence-corrected chi connectivity index (χ4v) is 6.25. The van der Waals surface area contributed by atoms with E-state index in [0.717, 1.165) is 0 Å². The number of aliphatic carboxylic acids is 1. The molecule has 27 heteroatoms. The monoisotopic (exact) mass is 967 g/mol. The number of nitrogens with zero attached hydrogens (tertiary/aromatic N) is 1. The number of phenols is 1. The third-order valence-electron chi connectivity index (χ3n) is 9.64. The molecular weight excluding hydrogens is 903 g/mol. The number of carbonyl (C=O) groups is 10. The molecule has 0 saturated heterocycles. The van der Waals surface area contributed by atoms with Gasteiger partial charge in [0.05, 0.1) is 12.6 Å². The summed E-state index contributed by atoms with van der Waals surface area (Å²) in [6.45, 7) is 4.05. The molecule has 0 aliphatic heterocycles. The van der Waals surface area contributed by atoms with Crippen LogP contribution < -0.4 is 65.9 Å².